The number of methoxy groups -OCH3 is 1. The normalized spacial score (nSPS) is 10.4. The highest BCUT2D eigenvalue weighted by atomic mass is 16.5. The molecule has 0 aliphatic heterocycles. The first kappa shape index (κ1) is 12.3. The number of hydrogen-bond acceptors (Lipinski definition) is 4. The Morgan fingerprint density at radius 3 is 2.65 bits per heavy atom. The number of aromatic nitrogens is 2. The second-order valence-electron chi connectivity index (χ2n) is 4.30. The number of ether oxygens (including phenoxy) is 1. The van der Waals surface area contributed by atoms with Crippen LogP contribution in [0.5, 0.6) is 0 Å². The third kappa shape index (κ3) is 2.01. The lowest BCUT2D eigenvalue weighted by atomic mass is 9.97. The lowest BCUT2D eigenvalue weighted by molar-refractivity contribution is 0.0601. The maximum absolute atomic E-state index is 12.0. The number of nitrogens with zero attached hydrogens (tertiary/aromatic N) is 2. The van der Waals surface area contributed by atoms with Gasteiger partial charge in [-0.1, -0.05) is 30.3 Å². The molecule has 0 saturated heterocycles. The molecule has 0 atom stereocenters. The summed E-state index contributed by atoms with van der Waals surface area (Å²) in [6, 6.07) is 11.5. The third-order valence-corrected chi connectivity index (χ3v) is 3.14. The van der Waals surface area contributed by atoms with Crippen LogP contribution in [0.3, 0.4) is 0 Å². The molecule has 0 N–H and O–H groups in total. The number of carbonyl (C=O) groups excluding carboxylic acids is 1. The summed E-state index contributed by atoms with van der Waals surface area (Å²) >= 11 is 0. The Bertz CT molecular complexity index is 770. The minimum absolute atomic E-state index is 0.401. The minimum atomic E-state index is -0.401. The summed E-state index contributed by atoms with van der Waals surface area (Å²) in [6.45, 7) is 0. The zero-order chi connectivity index (χ0) is 13.9. The third-order valence-electron chi connectivity index (χ3n) is 3.14. The Morgan fingerprint density at radius 2 is 1.90 bits per heavy atom. The van der Waals surface area contributed by atoms with Gasteiger partial charge in [0, 0.05) is 29.5 Å². The Balaban J connectivity index is 2.38. The zero-order valence-electron chi connectivity index (χ0n) is 10.9. The fourth-order valence-electron chi connectivity index (χ4n) is 2.22. The van der Waals surface area contributed by atoms with E-state index in [0.29, 0.717) is 5.56 Å². The summed E-state index contributed by atoms with van der Waals surface area (Å²) in [5.74, 6) is -0.401. The topological polar surface area (TPSA) is 52.1 Å². The van der Waals surface area contributed by atoms with Crippen molar-refractivity contribution in [2.45, 2.75) is 0 Å². The van der Waals surface area contributed by atoms with Crippen LogP contribution >= 0.6 is 0 Å². The highest BCUT2D eigenvalue weighted by Gasteiger charge is 2.17. The molecule has 2 heterocycles. The van der Waals surface area contributed by atoms with E-state index in [1.165, 1.54) is 7.11 Å². The Labute approximate surface area is 116 Å². The molecule has 0 saturated carbocycles. The van der Waals surface area contributed by atoms with Gasteiger partial charge in [0.05, 0.1) is 18.2 Å². The van der Waals surface area contributed by atoms with Crippen LogP contribution < -0.4 is 0 Å². The van der Waals surface area contributed by atoms with Crippen LogP contribution in [0.1, 0.15) is 10.4 Å². The molecule has 0 aliphatic carbocycles. The number of hydrogen-bond donors (Lipinski definition) is 0. The van der Waals surface area contributed by atoms with E-state index in [1.807, 2.05) is 36.4 Å². The van der Waals surface area contributed by atoms with Gasteiger partial charge in [0.25, 0.3) is 0 Å². The quantitative estimate of drug-likeness (QED) is 0.667. The van der Waals surface area contributed by atoms with Crippen molar-refractivity contribution in [2.75, 3.05) is 7.11 Å². The number of fused-ring (bicyclic) bond motifs is 1. The van der Waals surface area contributed by atoms with E-state index >= 15 is 0 Å². The van der Waals surface area contributed by atoms with Gasteiger partial charge in [-0.25, -0.2) is 4.79 Å². The number of rotatable bonds is 2. The number of pyridine rings is 2. The molecule has 0 aliphatic rings. The summed E-state index contributed by atoms with van der Waals surface area (Å²) in [7, 11) is 1.37. The second-order valence-corrected chi connectivity index (χ2v) is 4.30. The zero-order valence-corrected chi connectivity index (χ0v) is 10.9. The van der Waals surface area contributed by atoms with Crippen LogP contribution in [0.15, 0.2) is 55.0 Å². The number of esters is 1. The van der Waals surface area contributed by atoms with Gasteiger partial charge in [0.2, 0.25) is 0 Å². The van der Waals surface area contributed by atoms with Gasteiger partial charge >= 0.3 is 5.97 Å². The van der Waals surface area contributed by atoms with Crippen molar-refractivity contribution in [1.82, 2.24) is 9.97 Å². The molecule has 0 fully saturated rings. The standard InChI is InChI=1S/C16H12N2O2/c1-20-16(19)13-10-18-14-7-8-17-9-12(14)15(13)11-5-3-2-4-6-11/h2-10H,1H3. The molecule has 0 bridgehead atoms. The summed E-state index contributed by atoms with van der Waals surface area (Å²) in [6.07, 6.45) is 4.95. The van der Waals surface area contributed by atoms with Crippen molar-refractivity contribution in [3.8, 4) is 11.1 Å². The fourth-order valence-corrected chi connectivity index (χ4v) is 2.22. The minimum Gasteiger partial charge on any atom is -0.465 e. The van der Waals surface area contributed by atoms with E-state index in [2.05, 4.69) is 9.97 Å². The maximum atomic E-state index is 12.0. The van der Waals surface area contributed by atoms with Gasteiger partial charge in [-0.3, -0.25) is 9.97 Å². The Morgan fingerprint density at radius 1 is 1.10 bits per heavy atom. The summed E-state index contributed by atoms with van der Waals surface area (Å²) in [4.78, 5) is 20.4. The van der Waals surface area contributed by atoms with Gasteiger partial charge in [-0.05, 0) is 11.6 Å². The molecule has 0 amide bonds. The van der Waals surface area contributed by atoms with Crippen molar-refractivity contribution in [3.63, 3.8) is 0 Å². The Hall–Kier alpha value is -2.75. The lowest BCUT2D eigenvalue weighted by Gasteiger charge is -2.11. The van der Waals surface area contributed by atoms with Crippen LogP contribution in [0.25, 0.3) is 22.0 Å². The van der Waals surface area contributed by atoms with E-state index in [1.54, 1.807) is 18.6 Å². The van der Waals surface area contributed by atoms with E-state index in [-0.39, 0.29) is 0 Å². The smallest absolute Gasteiger partial charge is 0.340 e. The van der Waals surface area contributed by atoms with E-state index in [4.69, 9.17) is 4.74 Å². The van der Waals surface area contributed by atoms with Crippen molar-refractivity contribution >= 4 is 16.9 Å². The molecule has 4 heteroatoms. The van der Waals surface area contributed by atoms with Gasteiger partial charge in [-0.2, -0.15) is 0 Å². The second kappa shape index (κ2) is 5.09. The summed E-state index contributed by atoms with van der Waals surface area (Å²) in [5.41, 5.74) is 2.98. The van der Waals surface area contributed by atoms with E-state index < -0.39 is 5.97 Å². The molecule has 20 heavy (non-hydrogen) atoms. The molecule has 4 nitrogen and oxygen atoms in total. The van der Waals surface area contributed by atoms with Gasteiger partial charge in [0.1, 0.15) is 0 Å². The fraction of sp³-hybridized carbons (Fsp3) is 0.0625. The molecular weight excluding hydrogens is 252 g/mol. The molecule has 3 aromatic rings. The molecule has 2 aromatic heterocycles. The monoisotopic (exact) mass is 264 g/mol. The average molecular weight is 264 g/mol. The molecule has 98 valence electrons. The van der Waals surface area contributed by atoms with Crippen molar-refractivity contribution in [1.29, 1.82) is 0 Å². The lowest BCUT2D eigenvalue weighted by Crippen LogP contribution is -2.05. The van der Waals surface area contributed by atoms with Crippen LogP contribution in [0.2, 0.25) is 0 Å². The first-order valence-corrected chi connectivity index (χ1v) is 6.17. The van der Waals surface area contributed by atoms with E-state index in [0.717, 1.165) is 22.0 Å². The SMILES string of the molecule is COC(=O)c1cnc2ccncc2c1-c1ccccc1. The molecular formula is C16H12N2O2. The van der Waals surface area contributed by atoms with Gasteiger partial charge in [-0.15, -0.1) is 0 Å². The predicted molar refractivity (Wildman–Crippen MR) is 76.3 cm³/mol. The maximum Gasteiger partial charge on any atom is 0.340 e. The molecule has 0 radical (unpaired) electrons. The van der Waals surface area contributed by atoms with Crippen molar-refractivity contribution in [2.24, 2.45) is 0 Å². The van der Waals surface area contributed by atoms with Crippen LogP contribution in [0.4, 0.5) is 0 Å². The van der Waals surface area contributed by atoms with Crippen molar-refractivity contribution in [3.05, 3.63) is 60.6 Å². The van der Waals surface area contributed by atoms with Crippen LogP contribution in [-0.4, -0.2) is 23.0 Å². The largest absolute Gasteiger partial charge is 0.465 e. The molecule has 0 spiro atoms. The molecule has 3 rings (SSSR count). The van der Waals surface area contributed by atoms with Crippen LogP contribution in [0, 0.1) is 0 Å². The highest BCUT2D eigenvalue weighted by Crippen LogP contribution is 2.30. The van der Waals surface area contributed by atoms with Gasteiger partial charge < -0.3 is 4.74 Å². The van der Waals surface area contributed by atoms with Crippen molar-refractivity contribution < 1.29 is 9.53 Å². The number of benzene rings is 1. The summed E-state index contributed by atoms with van der Waals surface area (Å²) < 4.78 is 4.85. The van der Waals surface area contributed by atoms with E-state index in [9.17, 15) is 4.79 Å². The summed E-state index contributed by atoms with van der Waals surface area (Å²) in [5, 5.41) is 0.835. The Kier molecular flexibility index (Phi) is 3.13. The predicted octanol–water partition coefficient (Wildman–Crippen LogP) is 3.08. The van der Waals surface area contributed by atoms with Crippen LogP contribution in [-0.2, 0) is 4.74 Å². The first-order chi connectivity index (χ1) is 9.81. The first-order valence-electron chi connectivity index (χ1n) is 6.17. The average Bonchev–Trinajstić information content (AvgIpc) is 2.53. The molecule has 0 unspecified atom stereocenters. The molecule has 1 aromatic carbocycles. The number of carbonyl (C=O) groups is 1. The highest BCUT2D eigenvalue weighted by molar-refractivity contribution is 6.06. The van der Waals surface area contributed by atoms with Gasteiger partial charge in [0.15, 0.2) is 0 Å².